The quantitative estimate of drug-likeness (QED) is 0.322. The topological polar surface area (TPSA) is 201 Å². The van der Waals surface area contributed by atoms with E-state index in [1.165, 1.54) is 0 Å². The van der Waals surface area contributed by atoms with Gasteiger partial charge in [-0.25, -0.2) is 0 Å². The molecule has 0 unspecified atom stereocenters. The monoisotopic (exact) mass is 251 g/mol. The molecule has 0 aliphatic rings. The van der Waals surface area contributed by atoms with E-state index in [1.807, 2.05) is 0 Å². The molecule has 0 saturated carbocycles. The van der Waals surface area contributed by atoms with Crippen molar-refractivity contribution in [2.24, 2.45) is 0 Å². The molecule has 3 N–H and O–H groups in total. The zero-order valence-electron chi connectivity index (χ0n) is 10.7. The molecule has 0 radical (unpaired) electrons. The van der Waals surface area contributed by atoms with Crippen molar-refractivity contribution in [1.29, 1.82) is 0 Å². The van der Waals surface area contributed by atoms with E-state index >= 15 is 0 Å². The molecule has 0 spiro atoms. The van der Waals surface area contributed by atoms with Crippen LogP contribution in [0.5, 0.6) is 0 Å². The van der Waals surface area contributed by atoms with Crippen molar-refractivity contribution >= 4 is 15.6 Å². The molecule has 0 rings (SSSR count). The van der Waals surface area contributed by atoms with E-state index < -0.39 is 15.6 Å². The summed E-state index contributed by atoms with van der Waals surface area (Å²) in [5.41, 5.74) is 0. The Morgan fingerprint density at radius 1 is 0.647 bits per heavy atom. The van der Waals surface area contributed by atoms with Crippen molar-refractivity contribution in [2.75, 3.05) is 0 Å². The van der Waals surface area contributed by atoms with Crippen LogP contribution in [0.2, 0.25) is 0 Å². The van der Waals surface area contributed by atoms with Gasteiger partial charge in [0.05, 0.1) is 7.82 Å². The van der Waals surface area contributed by atoms with Crippen LogP contribution in [0.3, 0.4) is 0 Å². The summed E-state index contributed by atoms with van der Waals surface area (Å²) in [7, 11) is -10.5. The van der Waals surface area contributed by atoms with E-state index in [2.05, 4.69) is 0 Å². The summed E-state index contributed by atoms with van der Waals surface area (Å²) in [6, 6.07) is 0. The molecule has 72 valence electrons. The molecule has 0 heterocycles. The SMILES string of the molecule is O.O=P([O-])([O-])O.O=P([O-])([O-])[O-].[Li+].[Li+].[Li+].[Li+].[Li+].[Li+]. The normalized spacial score (nSPS) is 6.94. The average Bonchev–Trinajstić information content (AvgIpc) is 1.12. The smallest absolute Gasteiger partial charge is 0.822 e. The first kappa shape index (κ1) is 58.6. The molecule has 0 aromatic heterocycles. The van der Waals surface area contributed by atoms with E-state index in [9.17, 15) is 0 Å². The van der Waals surface area contributed by atoms with Crippen LogP contribution in [0.4, 0.5) is 0 Å². The van der Waals surface area contributed by atoms with Gasteiger partial charge in [0.1, 0.15) is 0 Å². The van der Waals surface area contributed by atoms with Crippen molar-refractivity contribution in [2.45, 2.75) is 0 Å². The third-order valence-corrected chi connectivity index (χ3v) is 0. The van der Waals surface area contributed by atoms with Gasteiger partial charge in [-0.2, -0.15) is 7.82 Å². The van der Waals surface area contributed by atoms with Gasteiger partial charge >= 0.3 is 113 Å². The van der Waals surface area contributed by atoms with E-state index in [0.717, 1.165) is 0 Å². The van der Waals surface area contributed by atoms with E-state index in [-0.39, 0.29) is 119 Å². The molecule has 0 aliphatic carbocycles. The second-order valence-corrected chi connectivity index (χ2v) is 2.75. The Bertz CT molecular complexity index is 136. The van der Waals surface area contributed by atoms with Crippen LogP contribution in [0.1, 0.15) is 0 Å². The zero-order valence-corrected chi connectivity index (χ0v) is 12.5. The third kappa shape index (κ3) is 440. The molecule has 0 aromatic rings. The summed E-state index contributed by atoms with van der Waals surface area (Å²) in [6.07, 6.45) is 0. The Morgan fingerprint density at radius 3 is 0.647 bits per heavy atom. The minimum atomic E-state index is -5.39. The van der Waals surface area contributed by atoms with Crippen molar-refractivity contribution in [3.8, 4) is 0 Å². The molecule has 0 fully saturated rings. The fourth-order valence-corrected chi connectivity index (χ4v) is 0. The molecule has 17 heteroatoms. The summed E-state index contributed by atoms with van der Waals surface area (Å²) in [5, 5.41) is 0. The van der Waals surface area contributed by atoms with Crippen molar-refractivity contribution in [3.63, 3.8) is 0 Å². The molecule has 9 nitrogen and oxygen atoms in total. The van der Waals surface area contributed by atoms with E-state index in [1.54, 1.807) is 0 Å². The molecule has 17 heavy (non-hydrogen) atoms. The van der Waals surface area contributed by atoms with Gasteiger partial charge in [0, 0.05) is 0 Å². The van der Waals surface area contributed by atoms with Gasteiger partial charge in [0.25, 0.3) is 0 Å². The van der Waals surface area contributed by atoms with Gasteiger partial charge < -0.3 is 44.0 Å². The van der Waals surface area contributed by atoms with Crippen LogP contribution in [0.25, 0.3) is 0 Å². The molecule has 0 atom stereocenters. The number of rotatable bonds is 0. The molecule has 0 aromatic carbocycles. The Kier molecular flexibility index (Phi) is 96.5. The molecule has 0 bridgehead atoms. The van der Waals surface area contributed by atoms with Crippen molar-refractivity contribution < 1.29 is 157 Å². The van der Waals surface area contributed by atoms with E-state index in [4.69, 9.17) is 38.5 Å². The summed E-state index contributed by atoms with van der Waals surface area (Å²) in [5.74, 6) is 0. The van der Waals surface area contributed by atoms with Crippen molar-refractivity contribution in [3.05, 3.63) is 0 Å². The number of hydrogen-bond acceptors (Lipinski definition) is 7. The van der Waals surface area contributed by atoms with Crippen LogP contribution in [0, 0.1) is 0 Å². The van der Waals surface area contributed by atoms with Gasteiger partial charge in [0.2, 0.25) is 0 Å². The first-order valence-corrected chi connectivity index (χ1v) is 4.43. The average molecular weight is 251 g/mol. The largest absolute Gasteiger partial charge is 1.00 e. The fourth-order valence-electron chi connectivity index (χ4n) is 0. The van der Waals surface area contributed by atoms with Crippen LogP contribution < -0.4 is 138 Å². The summed E-state index contributed by atoms with van der Waals surface area (Å²) in [6.45, 7) is 0. The first-order chi connectivity index (χ1) is 4.00. The Morgan fingerprint density at radius 2 is 0.647 bits per heavy atom. The van der Waals surface area contributed by atoms with Gasteiger partial charge in [-0.1, -0.05) is 0 Å². The van der Waals surface area contributed by atoms with Crippen LogP contribution in [0.15, 0.2) is 0 Å². The van der Waals surface area contributed by atoms with E-state index in [0.29, 0.717) is 0 Å². The fraction of sp³-hybridized carbons (Fsp3) is 0. The predicted octanol–water partition coefficient (Wildman–Crippen LogP) is -23.8. The second kappa shape index (κ2) is 28.0. The first-order valence-electron chi connectivity index (χ1n) is 1.48. The number of phosphoric acid groups is 2. The molecule has 0 saturated heterocycles. The Hall–Kier alpha value is 3.76. The molecular formula is H3Li6O9P2+. The summed E-state index contributed by atoms with van der Waals surface area (Å²) < 4.78 is 17.2. The minimum absolute atomic E-state index is 0. The predicted molar refractivity (Wildman–Crippen MR) is 21.0 cm³/mol. The van der Waals surface area contributed by atoms with Crippen LogP contribution in [-0.2, 0) is 9.13 Å². The van der Waals surface area contributed by atoms with Gasteiger partial charge in [-0.15, -0.1) is 0 Å². The standard InChI is InChI=1S/6Li.2H3O4P.H2O/c;;;;;;2*1-5(2,3)4;/h;;;;;;2*(H3,1,2,3,4);1H2/q6*+1;;;/p-5. The van der Waals surface area contributed by atoms with Gasteiger partial charge in [-0.3, -0.25) is 0 Å². The second-order valence-electron chi connectivity index (χ2n) is 0.916. The van der Waals surface area contributed by atoms with Crippen LogP contribution >= 0.6 is 15.6 Å². The maximum absolute atomic E-state index is 8.66. The maximum Gasteiger partial charge on any atom is 1.00 e. The van der Waals surface area contributed by atoms with Gasteiger partial charge in [0.15, 0.2) is 0 Å². The van der Waals surface area contributed by atoms with Crippen LogP contribution in [-0.4, -0.2) is 10.4 Å². The van der Waals surface area contributed by atoms with Gasteiger partial charge in [-0.05, 0) is 0 Å². The molecule has 0 amide bonds. The molecular weight excluding hydrogens is 248 g/mol. The summed E-state index contributed by atoms with van der Waals surface area (Å²) >= 11 is 0. The Balaban J connectivity index is -0.00000000762. The Labute approximate surface area is 171 Å². The minimum Gasteiger partial charge on any atom is -0.822 e. The number of hydrogen-bond donors (Lipinski definition) is 1. The maximum atomic E-state index is 8.66. The zero-order chi connectivity index (χ0) is 9.00. The molecule has 0 aliphatic heterocycles. The third-order valence-electron chi connectivity index (χ3n) is 0. The van der Waals surface area contributed by atoms with Crippen molar-refractivity contribution in [1.82, 2.24) is 0 Å². The summed E-state index contributed by atoms with van der Waals surface area (Å²) in [4.78, 5) is 49.9.